The highest BCUT2D eigenvalue weighted by atomic mass is 16.5. The Kier molecular flexibility index (Phi) is 11.3. The fraction of sp³-hybridized carbons (Fsp3) is 0.882. The second-order valence-corrected chi connectivity index (χ2v) is 6.11. The summed E-state index contributed by atoms with van der Waals surface area (Å²) in [6.07, 6.45) is 9.48. The van der Waals surface area contributed by atoms with Gasteiger partial charge in [0, 0.05) is 26.7 Å². The standard InChI is InChI=1S/C17H34N4O2/c1-3-18-17(21-14-16(22)19-12-13-23-2)20-11-7-10-15-8-5-4-6-9-15/h15H,3-14H2,1-2H3,(H,19,22)(H2,18,20,21). The van der Waals surface area contributed by atoms with Crippen LogP contribution in [-0.2, 0) is 9.53 Å². The van der Waals surface area contributed by atoms with E-state index >= 15 is 0 Å². The number of carbonyl (C=O) groups is 1. The van der Waals surface area contributed by atoms with Crippen LogP contribution in [0, 0.1) is 5.92 Å². The summed E-state index contributed by atoms with van der Waals surface area (Å²) in [7, 11) is 1.62. The first-order valence-corrected chi connectivity index (χ1v) is 9.04. The molecule has 0 aromatic heterocycles. The molecule has 0 spiro atoms. The van der Waals surface area contributed by atoms with Gasteiger partial charge in [0.15, 0.2) is 5.96 Å². The summed E-state index contributed by atoms with van der Waals surface area (Å²) in [5.41, 5.74) is 0. The third-order valence-corrected chi connectivity index (χ3v) is 4.16. The van der Waals surface area contributed by atoms with Crippen LogP contribution in [0.4, 0.5) is 0 Å². The molecule has 0 bridgehead atoms. The molecule has 1 amide bonds. The first-order valence-electron chi connectivity index (χ1n) is 9.04. The van der Waals surface area contributed by atoms with Gasteiger partial charge < -0.3 is 20.7 Å². The van der Waals surface area contributed by atoms with Crippen LogP contribution in [0.2, 0.25) is 0 Å². The molecule has 0 aliphatic heterocycles. The highest BCUT2D eigenvalue weighted by Gasteiger charge is 2.12. The van der Waals surface area contributed by atoms with Crippen molar-refractivity contribution in [2.24, 2.45) is 10.9 Å². The maximum absolute atomic E-state index is 11.6. The van der Waals surface area contributed by atoms with Crippen molar-refractivity contribution in [2.75, 3.05) is 39.9 Å². The van der Waals surface area contributed by atoms with Gasteiger partial charge in [-0.1, -0.05) is 32.1 Å². The summed E-state index contributed by atoms with van der Waals surface area (Å²) in [5.74, 6) is 1.55. The minimum absolute atomic E-state index is 0.0820. The topological polar surface area (TPSA) is 74.8 Å². The summed E-state index contributed by atoms with van der Waals surface area (Å²) in [5, 5.41) is 9.26. The first-order chi connectivity index (χ1) is 11.3. The third kappa shape index (κ3) is 10.2. The lowest BCUT2D eigenvalue weighted by Gasteiger charge is -2.21. The molecule has 6 heteroatoms. The molecule has 0 saturated heterocycles. The molecule has 0 heterocycles. The van der Waals surface area contributed by atoms with Crippen molar-refractivity contribution < 1.29 is 9.53 Å². The number of ether oxygens (including phenoxy) is 1. The van der Waals surface area contributed by atoms with Gasteiger partial charge in [-0.15, -0.1) is 0 Å². The zero-order chi connectivity index (χ0) is 16.8. The number of hydrogen-bond acceptors (Lipinski definition) is 3. The number of carbonyl (C=O) groups excluding carboxylic acids is 1. The molecule has 134 valence electrons. The van der Waals surface area contributed by atoms with E-state index < -0.39 is 0 Å². The monoisotopic (exact) mass is 326 g/mol. The molecule has 1 aliphatic rings. The zero-order valence-corrected chi connectivity index (χ0v) is 14.8. The summed E-state index contributed by atoms with van der Waals surface area (Å²) >= 11 is 0. The lowest BCUT2D eigenvalue weighted by Crippen LogP contribution is -2.39. The normalized spacial score (nSPS) is 16.2. The van der Waals surface area contributed by atoms with Gasteiger partial charge in [-0.3, -0.25) is 4.79 Å². The smallest absolute Gasteiger partial charge is 0.241 e. The Morgan fingerprint density at radius 1 is 1.13 bits per heavy atom. The third-order valence-electron chi connectivity index (χ3n) is 4.16. The average Bonchev–Trinajstić information content (AvgIpc) is 2.57. The summed E-state index contributed by atoms with van der Waals surface area (Å²) in [6, 6.07) is 0. The van der Waals surface area contributed by atoms with Crippen molar-refractivity contribution in [2.45, 2.75) is 51.9 Å². The molecule has 6 nitrogen and oxygen atoms in total. The molecule has 1 aliphatic carbocycles. The van der Waals surface area contributed by atoms with Gasteiger partial charge in [0.05, 0.1) is 6.61 Å². The van der Waals surface area contributed by atoms with Crippen LogP contribution in [0.5, 0.6) is 0 Å². The molecule has 23 heavy (non-hydrogen) atoms. The van der Waals surface area contributed by atoms with Gasteiger partial charge in [-0.25, -0.2) is 4.99 Å². The molecule has 1 saturated carbocycles. The van der Waals surface area contributed by atoms with Gasteiger partial charge in [0.1, 0.15) is 6.54 Å². The van der Waals surface area contributed by atoms with Crippen LogP contribution in [0.3, 0.4) is 0 Å². The van der Waals surface area contributed by atoms with Crippen molar-refractivity contribution in [3.05, 3.63) is 0 Å². The van der Waals surface area contributed by atoms with Crippen LogP contribution in [0.15, 0.2) is 4.99 Å². The molecule has 1 fully saturated rings. The van der Waals surface area contributed by atoms with Crippen molar-refractivity contribution in [3.63, 3.8) is 0 Å². The molecular formula is C17H34N4O2. The number of amides is 1. The molecule has 3 N–H and O–H groups in total. The van der Waals surface area contributed by atoms with Crippen LogP contribution >= 0.6 is 0 Å². The molecule has 0 aromatic carbocycles. The van der Waals surface area contributed by atoms with Crippen molar-refractivity contribution in [1.29, 1.82) is 0 Å². The lowest BCUT2D eigenvalue weighted by molar-refractivity contribution is -0.119. The largest absolute Gasteiger partial charge is 0.383 e. The Labute approximate surface area is 140 Å². The Morgan fingerprint density at radius 3 is 2.61 bits per heavy atom. The number of hydrogen-bond donors (Lipinski definition) is 3. The van der Waals surface area contributed by atoms with Crippen molar-refractivity contribution in [1.82, 2.24) is 16.0 Å². The zero-order valence-electron chi connectivity index (χ0n) is 14.8. The Bertz CT molecular complexity index is 341. The second-order valence-electron chi connectivity index (χ2n) is 6.11. The summed E-state index contributed by atoms with van der Waals surface area (Å²) < 4.78 is 4.90. The number of rotatable bonds is 10. The maximum atomic E-state index is 11.6. The number of methoxy groups -OCH3 is 1. The predicted molar refractivity (Wildman–Crippen MR) is 94.7 cm³/mol. The fourth-order valence-electron chi connectivity index (χ4n) is 2.91. The highest BCUT2D eigenvalue weighted by Crippen LogP contribution is 2.26. The van der Waals surface area contributed by atoms with E-state index in [9.17, 15) is 4.79 Å². The molecule has 0 aromatic rings. The van der Waals surface area contributed by atoms with Crippen LogP contribution in [0.25, 0.3) is 0 Å². The maximum Gasteiger partial charge on any atom is 0.241 e. The fourth-order valence-corrected chi connectivity index (χ4v) is 2.91. The van der Waals surface area contributed by atoms with Gasteiger partial charge in [0.2, 0.25) is 5.91 Å². The molecule has 0 unspecified atom stereocenters. The van der Waals surface area contributed by atoms with E-state index in [0.29, 0.717) is 13.2 Å². The number of aliphatic imine (C=N–C) groups is 1. The number of nitrogens with one attached hydrogen (secondary N) is 3. The predicted octanol–water partition coefficient (Wildman–Crippen LogP) is 1.66. The van der Waals surface area contributed by atoms with Gasteiger partial charge in [-0.2, -0.15) is 0 Å². The van der Waals surface area contributed by atoms with E-state index in [1.807, 2.05) is 6.92 Å². The van der Waals surface area contributed by atoms with Crippen LogP contribution in [0.1, 0.15) is 51.9 Å². The molecule has 0 radical (unpaired) electrons. The van der Waals surface area contributed by atoms with E-state index in [4.69, 9.17) is 4.74 Å². The minimum atomic E-state index is -0.0820. The SMILES string of the molecule is CCNC(=NCC(=O)NCCOC)NCCCC1CCCCC1. The van der Waals surface area contributed by atoms with Gasteiger partial charge >= 0.3 is 0 Å². The van der Waals surface area contributed by atoms with Crippen LogP contribution in [-0.4, -0.2) is 51.8 Å². The Hall–Kier alpha value is -1.30. The highest BCUT2D eigenvalue weighted by molar-refractivity contribution is 5.84. The van der Waals surface area contributed by atoms with Gasteiger partial charge in [0.25, 0.3) is 0 Å². The molecule has 0 atom stereocenters. The lowest BCUT2D eigenvalue weighted by atomic mass is 9.86. The quantitative estimate of drug-likeness (QED) is 0.324. The van der Waals surface area contributed by atoms with E-state index in [2.05, 4.69) is 20.9 Å². The van der Waals surface area contributed by atoms with E-state index in [0.717, 1.165) is 31.4 Å². The van der Waals surface area contributed by atoms with E-state index in [-0.39, 0.29) is 12.5 Å². The molecule has 1 rings (SSSR count). The summed E-state index contributed by atoms with van der Waals surface area (Å²) in [4.78, 5) is 16.0. The first kappa shape index (κ1) is 19.7. The van der Waals surface area contributed by atoms with Crippen molar-refractivity contribution in [3.8, 4) is 0 Å². The van der Waals surface area contributed by atoms with Crippen LogP contribution < -0.4 is 16.0 Å². The average molecular weight is 326 g/mol. The number of nitrogens with zero attached hydrogens (tertiary/aromatic N) is 1. The van der Waals surface area contributed by atoms with Gasteiger partial charge in [-0.05, 0) is 25.7 Å². The Balaban J connectivity index is 2.19. The Morgan fingerprint density at radius 2 is 1.91 bits per heavy atom. The minimum Gasteiger partial charge on any atom is -0.383 e. The van der Waals surface area contributed by atoms with E-state index in [1.54, 1.807) is 7.11 Å². The van der Waals surface area contributed by atoms with Crippen molar-refractivity contribution >= 4 is 11.9 Å². The second kappa shape index (κ2) is 13.2. The number of guanidine groups is 1. The molecular weight excluding hydrogens is 292 g/mol. The summed E-state index contributed by atoms with van der Waals surface area (Å²) in [6.45, 7) is 4.91. The van der Waals surface area contributed by atoms with E-state index in [1.165, 1.54) is 38.5 Å².